The zero-order valence-corrected chi connectivity index (χ0v) is 17.5. The van der Waals surface area contributed by atoms with E-state index in [0.29, 0.717) is 16.7 Å². The number of hydrogen-bond donors (Lipinski definition) is 2. The minimum Gasteiger partial charge on any atom is -0.478 e. The van der Waals surface area contributed by atoms with E-state index in [1.165, 1.54) is 6.07 Å². The first kappa shape index (κ1) is 21.3. The molecule has 0 bridgehead atoms. The van der Waals surface area contributed by atoms with E-state index < -0.39 is 22.1 Å². The van der Waals surface area contributed by atoms with Crippen molar-refractivity contribution in [1.29, 1.82) is 0 Å². The first-order valence-electron chi connectivity index (χ1n) is 9.62. The lowest BCUT2D eigenvalue weighted by Gasteiger charge is -2.21. The maximum atomic E-state index is 12.2. The summed E-state index contributed by atoms with van der Waals surface area (Å²) in [5.74, 6) is -1.85. The molecule has 2 N–H and O–H groups in total. The number of aromatic carboxylic acids is 1. The highest BCUT2D eigenvalue weighted by Crippen LogP contribution is 2.47. The van der Waals surface area contributed by atoms with Gasteiger partial charge in [0.2, 0.25) is 0 Å². The molecule has 0 aliphatic carbocycles. The minimum absolute atomic E-state index is 0.244. The third kappa shape index (κ3) is 4.39. The fraction of sp³-hybridized carbons (Fsp3) is 0. The fourth-order valence-corrected chi connectivity index (χ4v) is 4.03. The van der Waals surface area contributed by atoms with E-state index in [9.17, 15) is 22.9 Å². The standard InChI is InChI=1S/C25H18O6S/c26-25(27)21-16-20(17-10-4-1-5-11-17)22(18-12-6-2-7-13-18)23(19-14-8-3-9-15-19)24(21)31-32(28,29)30/h1-16H,(H,26,27)(H,28,29,30). The van der Waals surface area contributed by atoms with Crippen molar-refractivity contribution in [3.05, 3.63) is 103 Å². The largest absolute Gasteiger partial charge is 0.478 e. The molecule has 160 valence electrons. The van der Waals surface area contributed by atoms with Crippen LogP contribution in [0.1, 0.15) is 10.4 Å². The zero-order valence-electron chi connectivity index (χ0n) is 16.7. The van der Waals surface area contributed by atoms with E-state index in [4.69, 9.17) is 4.18 Å². The van der Waals surface area contributed by atoms with Crippen molar-refractivity contribution in [2.24, 2.45) is 0 Å². The summed E-state index contributed by atoms with van der Waals surface area (Å²) in [5.41, 5.74) is 3.01. The molecule has 0 aliphatic rings. The second kappa shape index (κ2) is 8.66. The maximum Gasteiger partial charge on any atom is 0.446 e. The van der Waals surface area contributed by atoms with E-state index in [1.54, 1.807) is 30.3 Å². The van der Waals surface area contributed by atoms with Gasteiger partial charge in [0, 0.05) is 11.1 Å². The number of benzene rings is 4. The Morgan fingerprint density at radius 3 is 1.56 bits per heavy atom. The second-order valence-electron chi connectivity index (χ2n) is 6.97. The van der Waals surface area contributed by atoms with E-state index >= 15 is 0 Å². The van der Waals surface area contributed by atoms with Crippen LogP contribution in [0, 0.1) is 0 Å². The van der Waals surface area contributed by atoms with Gasteiger partial charge in [0.1, 0.15) is 5.56 Å². The Hall–Kier alpha value is -3.94. The quantitative estimate of drug-likeness (QED) is 0.376. The van der Waals surface area contributed by atoms with Crippen molar-refractivity contribution in [2.45, 2.75) is 0 Å². The van der Waals surface area contributed by atoms with Crippen molar-refractivity contribution < 1.29 is 27.1 Å². The summed E-state index contributed by atoms with van der Waals surface area (Å²) in [7, 11) is -5.00. The average Bonchev–Trinajstić information content (AvgIpc) is 2.79. The highest BCUT2D eigenvalue weighted by atomic mass is 32.3. The summed E-state index contributed by atoms with van der Waals surface area (Å²) in [6, 6.07) is 28.4. The van der Waals surface area contributed by atoms with E-state index in [-0.39, 0.29) is 11.1 Å². The number of rotatable bonds is 6. The summed E-state index contributed by atoms with van der Waals surface area (Å²) >= 11 is 0. The van der Waals surface area contributed by atoms with Crippen molar-refractivity contribution in [1.82, 2.24) is 0 Å². The molecule has 4 aromatic carbocycles. The molecular formula is C25H18O6S. The molecule has 0 saturated carbocycles. The highest BCUT2D eigenvalue weighted by Gasteiger charge is 2.28. The van der Waals surface area contributed by atoms with Crippen LogP contribution in [0.25, 0.3) is 33.4 Å². The third-order valence-electron chi connectivity index (χ3n) is 4.91. The molecule has 0 saturated heterocycles. The lowest BCUT2D eigenvalue weighted by Crippen LogP contribution is -2.12. The van der Waals surface area contributed by atoms with Crippen LogP contribution < -0.4 is 4.18 Å². The predicted molar refractivity (Wildman–Crippen MR) is 122 cm³/mol. The number of carboxylic acids is 1. The van der Waals surface area contributed by atoms with Crippen molar-refractivity contribution in [3.63, 3.8) is 0 Å². The maximum absolute atomic E-state index is 12.2. The van der Waals surface area contributed by atoms with Gasteiger partial charge in [-0.2, -0.15) is 8.42 Å². The molecule has 4 rings (SSSR count). The smallest absolute Gasteiger partial charge is 0.446 e. The number of carboxylic acid groups (broad SMARTS) is 1. The van der Waals surface area contributed by atoms with Crippen LogP contribution in [0.5, 0.6) is 5.75 Å². The Morgan fingerprint density at radius 2 is 1.12 bits per heavy atom. The van der Waals surface area contributed by atoms with Crippen LogP contribution in [0.4, 0.5) is 0 Å². The normalized spacial score (nSPS) is 11.2. The lowest BCUT2D eigenvalue weighted by molar-refractivity contribution is 0.0695. The van der Waals surface area contributed by atoms with Gasteiger partial charge in [0.15, 0.2) is 5.75 Å². The van der Waals surface area contributed by atoms with Crippen LogP contribution in [-0.2, 0) is 10.4 Å². The van der Waals surface area contributed by atoms with Gasteiger partial charge >= 0.3 is 16.4 Å². The van der Waals surface area contributed by atoms with Gasteiger partial charge in [-0.3, -0.25) is 4.55 Å². The number of hydrogen-bond acceptors (Lipinski definition) is 4. The summed E-state index contributed by atoms with van der Waals surface area (Å²) < 4.78 is 37.7. The van der Waals surface area contributed by atoms with Crippen LogP contribution in [-0.4, -0.2) is 24.0 Å². The molecule has 6 nitrogen and oxygen atoms in total. The molecule has 0 fully saturated rings. The zero-order chi connectivity index (χ0) is 22.7. The Labute approximate surface area is 185 Å². The predicted octanol–water partition coefficient (Wildman–Crippen LogP) is 5.57. The second-order valence-corrected chi connectivity index (χ2v) is 7.99. The van der Waals surface area contributed by atoms with Crippen LogP contribution in [0.15, 0.2) is 97.1 Å². The lowest BCUT2D eigenvalue weighted by atomic mass is 9.85. The molecular weight excluding hydrogens is 428 g/mol. The summed E-state index contributed by atoms with van der Waals surface area (Å²) in [4.78, 5) is 12.2. The molecule has 0 atom stereocenters. The monoisotopic (exact) mass is 446 g/mol. The van der Waals surface area contributed by atoms with E-state index in [0.717, 1.165) is 11.1 Å². The van der Waals surface area contributed by atoms with Gasteiger partial charge in [0.05, 0.1) is 0 Å². The molecule has 4 aromatic rings. The van der Waals surface area contributed by atoms with Crippen LogP contribution in [0.2, 0.25) is 0 Å². The molecule has 0 amide bonds. The SMILES string of the molecule is O=C(O)c1cc(-c2ccccc2)c(-c2ccccc2)c(-c2ccccc2)c1OS(=O)(=O)O. The van der Waals surface area contributed by atoms with Crippen molar-refractivity contribution in [3.8, 4) is 39.1 Å². The van der Waals surface area contributed by atoms with Gasteiger partial charge < -0.3 is 9.29 Å². The van der Waals surface area contributed by atoms with Crippen LogP contribution >= 0.6 is 0 Å². The van der Waals surface area contributed by atoms with Gasteiger partial charge in [-0.15, -0.1) is 0 Å². The molecule has 0 spiro atoms. The topological polar surface area (TPSA) is 101 Å². The highest BCUT2D eigenvalue weighted by molar-refractivity contribution is 7.81. The Morgan fingerprint density at radius 1 is 0.688 bits per heavy atom. The van der Waals surface area contributed by atoms with Gasteiger partial charge in [-0.1, -0.05) is 91.0 Å². The summed E-state index contributed by atoms with van der Waals surface area (Å²) in [6.45, 7) is 0. The average molecular weight is 446 g/mol. The molecule has 0 aromatic heterocycles. The number of carbonyl (C=O) groups is 1. The van der Waals surface area contributed by atoms with Crippen molar-refractivity contribution >= 4 is 16.4 Å². The Bertz CT molecular complexity index is 1370. The molecule has 32 heavy (non-hydrogen) atoms. The molecule has 0 unspecified atom stereocenters. The molecule has 0 aliphatic heterocycles. The third-order valence-corrected chi connectivity index (χ3v) is 5.29. The minimum atomic E-state index is -5.00. The summed E-state index contributed by atoms with van der Waals surface area (Å²) in [5, 5.41) is 9.91. The van der Waals surface area contributed by atoms with Gasteiger partial charge in [-0.25, -0.2) is 4.79 Å². The molecule has 0 radical (unpaired) electrons. The Kier molecular flexibility index (Phi) is 5.77. The van der Waals surface area contributed by atoms with Crippen molar-refractivity contribution in [2.75, 3.05) is 0 Å². The van der Waals surface area contributed by atoms with E-state index in [2.05, 4.69) is 0 Å². The first-order valence-corrected chi connectivity index (χ1v) is 11.0. The first-order chi connectivity index (χ1) is 15.3. The molecule has 7 heteroatoms. The van der Waals surface area contributed by atoms with E-state index in [1.807, 2.05) is 60.7 Å². The van der Waals surface area contributed by atoms with Gasteiger partial charge in [0.25, 0.3) is 0 Å². The molecule has 0 heterocycles. The Balaban J connectivity index is 2.23. The van der Waals surface area contributed by atoms with Gasteiger partial charge in [-0.05, 0) is 28.3 Å². The van der Waals surface area contributed by atoms with Crippen LogP contribution in [0.3, 0.4) is 0 Å². The summed E-state index contributed by atoms with van der Waals surface area (Å²) in [6.07, 6.45) is 0. The fourth-order valence-electron chi connectivity index (χ4n) is 3.65.